The topological polar surface area (TPSA) is 88.7 Å². The molecule has 0 bridgehead atoms. The largest absolute Gasteiger partial charge is 0.394 e. The number of aliphatic hydroxyl groups is 1. The van der Waals surface area contributed by atoms with Gasteiger partial charge in [-0.15, -0.1) is 0 Å². The summed E-state index contributed by atoms with van der Waals surface area (Å²) in [5, 5.41) is 21.9. The van der Waals surface area contributed by atoms with Gasteiger partial charge in [0, 0.05) is 36.1 Å². The summed E-state index contributed by atoms with van der Waals surface area (Å²) in [6, 6.07) is 4.84. The van der Waals surface area contributed by atoms with E-state index in [0.717, 1.165) is 11.1 Å². The van der Waals surface area contributed by atoms with Gasteiger partial charge in [0.25, 0.3) is 5.69 Å². The van der Waals surface area contributed by atoms with E-state index in [1.807, 2.05) is 4.90 Å². The van der Waals surface area contributed by atoms with Crippen molar-refractivity contribution in [2.45, 2.75) is 6.04 Å². The number of aromatic nitrogens is 1. The predicted molar refractivity (Wildman–Crippen MR) is 77.4 cm³/mol. The van der Waals surface area contributed by atoms with Crippen molar-refractivity contribution in [3.05, 3.63) is 40.7 Å². The Balaban J connectivity index is 2.15. The molecule has 110 valence electrons. The molecule has 2 heterocycles. The van der Waals surface area contributed by atoms with E-state index in [0.29, 0.717) is 25.1 Å². The molecule has 0 aliphatic carbocycles. The summed E-state index contributed by atoms with van der Waals surface area (Å²) >= 11 is 0. The summed E-state index contributed by atoms with van der Waals surface area (Å²) < 4.78 is 5.38. The first-order chi connectivity index (χ1) is 10.2. The zero-order chi connectivity index (χ0) is 14.8. The minimum Gasteiger partial charge on any atom is -0.394 e. The van der Waals surface area contributed by atoms with Crippen molar-refractivity contribution in [1.82, 2.24) is 4.98 Å². The predicted octanol–water partition coefficient (Wildman–Crippen LogP) is 1.34. The molecule has 1 saturated heterocycles. The molecule has 1 aromatic heterocycles. The zero-order valence-electron chi connectivity index (χ0n) is 11.3. The molecule has 0 radical (unpaired) electrons. The van der Waals surface area contributed by atoms with Crippen molar-refractivity contribution in [1.29, 1.82) is 0 Å². The van der Waals surface area contributed by atoms with Crippen LogP contribution >= 0.6 is 0 Å². The smallest absolute Gasteiger partial charge is 0.278 e. The molecule has 1 aromatic carbocycles. The van der Waals surface area contributed by atoms with E-state index in [-0.39, 0.29) is 18.3 Å². The summed E-state index contributed by atoms with van der Waals surface area (Å²) in [5.41, 5.74) is 0.899. The summed E-state index contributed by atoms with van der Waals surface area (Å²) in [5.74, 6) is 0. The summed E-state index contributed by atoms with van der Waals surface area (Å²) in [4.78, 5) is 16.7. The fraction of sp³-hybridized carbons (Fsp3) is 0.357. The van der Waals surface area contributed by atoms with Crippen LogP contribution in [0.25, 0.3) is 10.8 Å². The van der Waals surface area contributed by atoms with Gasteiger partial charge in [-0.25, -0.2) is 0 Å². The number of rotatable bonds is 3. The van der Waals surface area contributed by atoms with Gasteiger partial charge in [-0.3, -0.25) is 15.1 Å². The molecule has 0 saturated carbocycles. The first-order valence-corrected chi connectivity index (χ1v) is 6.68. The average molecular weight is 289 g/mol. The highest BCUT2D eigenvalue weighted by atomic mass is 16.6. The fourth-order valence-electron chi connectivity index (χ4n) is 2.69. The maximum Gasteiger partial charge on any atom is 0.278 e. The number of nitro benzene ring substituents is 1. The van der Waals surface area contributed by atoms with Crippen molar-refractivity contribution in [3.63, 3.8) is 0 Å². The van der Waals surface area contributed by atoms with Crippen LogP contribution in [0.1, 0.15) is 0 Å². The molecule has 0 amide bonds. The van der Waals surface area contributed by atoms with Gasteiger partial charge in [-0.2, -0.15) is 0 Å². The molecule has 7 nitrogen and oxygen atoms in total. The highest BCUT2D eigenvalue weighted by molar-refractivity contribution is 5.99. The Labute approximate surface area is 120 Å². The highest BCUT2D eigenvalue weighted by Crippen LogP contribution is 2.34. The van der Waals surface area contributed by atoms with E-state index in [1.165, 1.54) is 12.3 Å². The lowest BCUT2D eigenvalue weighted by Crippen LogP contribution is -2.47. The van der Waals surface area contributed by atoms with Gasteiger partial charge in [0.2, 0.25) is 0 Å². The second kappa shape index (κ2) is 5.63. The quantitative estimate of drug-likeness (QED) is 0.677. The van der Waals surface area contributed by atoms with Gasteiger partial charge in [-0.1, -0.05) is 0 Å². The lowest BCUT2D eigenvalue weighted by Gasteiger charge is -2.36. The first-order valence-electron chi connectivity index (χ1n) is 6.68. The number of non-ortho nitro benzene ring substituents is 1. The van der Waals surface area contributed by atoms with Crippen molar-refractivity contribution in [2.24, 2.45) is 0 Å². The number of morpholine rings is 1. The number of nitrogens with zero attached hydrogens (tertiary/aromatic N) is 3. The lowest BCUT2D eigenvalue weighted by molar-refractivity contribution is -0.383. The number of aliphatic hydroxyl groups excluding tert-OH is 1. The summed E-state index contributed by atoms with van der Waals surface area (Å²) in [7, 11) is 0. The summed E-state index contributed by atoms with van der Waals surface area (Å²) in [6.45, 7) is 1.63. The maximum absolute atomic E-state index is 11.1. The molecular weight excluding hydrogens is 274 g/mol. The van der Waals surface area contributed by atoms with Crippen LogP contribution in [0.15, 0.2) is 30.6 Å². The molecule has 0 spiro atoms. The Bertz CT molecular complexity index is 676. The van der Waals surface area contributed by atoms with Crippen LogP contribution in [0.2, 0.25) is 0 Å². The van der Waals surface area contributed by atoms with Crippen molar-refractivity contribution >= 4 is 22.1 Å². The number of fused-ring (bicyclic) bond motifs is 1. The van der Waals surface area contributed by atoms with E-state index >= 15 is 0 Å². The Kier molecular flexibility index (Phi) is 3.68. The first kappa shape index (κ1) is 13.7. The van der Waals surface area contributed by atoms with Gasteiger partial charge >= 0.3 is 0 Å². The number of hydrogen-bond donors (Lipinski definition) is 1. The molecule has 7 heteroatoms. The van der Waals surface area contributed by atoms with Gasteiger partial charge in [0.15, 0.2) is 0 Å². The monoisotopic (exact) mass is 289 g/mol. The fourth-order valence-corrected chi connectivity index (χ4v) is 2.69. The zero-order valence-corrected chi connectivity index (χ0v) is 11.3. The average Bonchev–Trinajstić information content (AvgIpc) is 2.53. The third-order valence-corrected chi connectivity index (χ3v) is 3.72. The van der Waals surface area contributed by atoms with E-state index in [1.54, 1.807) is 18.3 Å². The minimum atomic E-state index is -0.406. The lowest BCUT2D eigenvalue weighted by atomic mass is 10.1. The third-order valence-electron chi connectivity index (χ3n) is 3.72. The molecule has 3 rings (SSSR count). The molecule has 1 fully saturated rings. The third kappa shape index (κ3) is 2.41. The number of anilines is 1. The highest BCUT2D eigenvalue weighted by Gasteiger charge is 2.25. The Morgan fingerprint density at radius 3 is 3.05 bits per heavy atom. The molecular formula is C14H15N3O4. The standard InChI is InChI=1S/C14H15N3O4/c18-8-10-9-21-6-5-16(10)13-1-2-14(17(19)20)12-7-15-4-3-11(12)13/h1-4,7,10,18H,5-6,8-9H2. The van der Waals surface area contributed by atoms with Crippen LogP contribution in [0.3, 0.4) is 0 Å². The molecule has 1 unspecified atom stereocenters. The van der Waals surface area contributed by atoms with Gasteiger partial charge in [0.1, 0.15) is 0 Å². The SMILES string of the molecule is O=[N+]([O-])c1ccc(N2CCOCC2CO)c2ccncc12. The number of benzene rings is 1. The Morgan fingerprint density at radius 2 is 2.29 bits per heavy atom. The second-order valence-corrected chi connectivity index (χ2v) is 4.89. The number of pyridine rings is 1. The van der Waals surface area contributed by atoms with Crippen LogP contribution in [0, 0.1) is 10.1 Å². The number of ether oxygens (including phenoxy) is 1. The van der Waals surface area contributed by atoms with Gasteiger partial charge < -0.3 is 14.7 Å². The van der Waals surface area contributed by atoms with Crippen molar-refractivity contribution in [2.75, 3.05) is 31.3 Å². The van der Waals surface area contributed by atoms with Crippen LogP contribution in [0.4, 0.5) is 11.4 Å². The van der Waals surface area contributed by atoms with Crippen molar-refractivity contribution in [3.8, 4) is 0 Å². The molecule has 1 aliphatic rings. The minimum absolute atomic E-state index is 0.0242. The molecule has 1 atom stereocenters. The van der Waals surface area contributed by atoms with Crippen LogP contribution in [0.5, 0.6) is 0 Å². The molecule has 2 aromatic rings. The van der Waals surface area contributed by atoms with E-state index < -0.39 is 4.92 Å². The molecule has 21 heavy (non-hydrogen) atoms. The van der Waals surface area contributed by atoms with Crippen LogP contribution in [-0.2, 0) is 4.74 Å². The Morgan fingerprint density at radius 1 is 1.43 bits per heavy atom. The second-order valence-electron chi connectivity index (χ2n) is 4.89. The molecule has 1 aliphatic heterocycles. The van der Waals surface area contributed by atoms with Crippen molar-refractivity contribution < 1.29 is 14.8 Å². The number of nitro groups is 1. The van der Waals surface area contributed by atoms with E-state index in [4.69, 9.17) is 4.74 Å². The van der Waals surface area contributed by atoms with Gasteiger partial charge in [-0.05, 0) is 12.1 Å². The van der Waals surface area contributed by atoms with Gasteiger partial charge in [0.05, 0.1) is 36.2 Å². The normalized spacial score (nSPS) is 18.9. The summed E-state index contributed by atoms with van der Waals surface area (Å²) in [6.07, 6.45) is 3.12. The maximum atomic E-state index is 11.1. The van der Waals surface area contributed by atoms with Crippen LogP contribution in [-0.4, -0.2) is 47.4 Å². The van der Waals surface area contributed by atoms with Crippen LogP contribution < -0.4 is 4.90 Å². The van der Waals surface area contributed by atoms with E-state index in [2.05, 4.69) is 4.98 Å². The van der Waals surface area contributed by atoms with E-state index in [9.17, 15) is 15.2 Å². The number of hydrogen-bond acceptors (Lipinski definition) is 6. The molecule has 1 N–H and O–H groups in total. The Hall–Kier alpha value is -2.25.